The van der Waals surface area contributed by atoms with Crippen LogP contribution in [0.4, 0.5) is 14.5 Å². The molecule has 23 heavy (non-hydrogen) atoms. The minimum atomic E-state index is -1.20. The molecule has 3 rings (SSSR count). The van der Waals surface area contributed by atoms with Crippen molar-refractivity contribution in [2.45, 2.75) is 37.8 Å². The van der Waals surface area contributed by atoms with Crippen LogP contribution in [0, 0.1) is 23.0 Å². The second-order valence-electron chi connectivity index (χ2n) is 5.69. The predicted octanol–water partition coefficient (Wildman–Crippen LogP) is 1.95. The maximum absolute atomic E-state index is 14.0. The molecule has 1 heterocycles. The number of hydrogen-bond donors (Lipinski definition) is 2. The highest BCUT2D eigenvalue weighted by atomic mass is 19.2. The molecular weight excluding hydrogens is 302 g/mol. The van der Waals surface area contributed by atoms with Crippen molar-refractivity contribution >= 4 is 17.6 Å². The van der Waals surface area contributed by atoms with Gasteiger partial charge >= 0.3 is 0 Å². The first kappa shape index (κ1) is 15.2. The van der Waals surface area contributed by atoms with Crippen LogP contribution in [0.1, 0.15) is 37.7 Å². The maximum atomic E-state index is 14.0. The van der Waals surface area contributed by atoms with Crippen LogP contribution in [-0.2, 0) is 0 Å². The molecule has 8 heteroatoms. The van der Waals surface area contributed by atoms with Gasteiger partial charge in [0.2, 0.25) is 11.9 Å². The highest BCUT2D eigenvalue weighted by molar-refractivity contribution is 6.06. The summed E-state index contributed by atoms with van der Waals surface area (Å²) in [4.78, 5) is 9.89. The Morgan fingerprint density at radius 2 is 1.87 bits per heavy atom. The summed E-state index contributed by atoms with van der Waals surface area (Å²) in [6.45, 7) is 0. The fourth-order valence-electron chi connectivity index (χ4n) is 3.30. The molecule has 0 radical (unpaired) electrons. The molecule has 1 aliphatic heterocycles. The van der Waals surface area contributed by atoms with Gasteiger partial charge in [0, 0.05) is 0 Å². The number of guanidine groups is 2. The number of benzene rings is 1. The lowest BCUT2D eigenvalue weighted by atomic mass is 9.87. The number of halogens is 2. The normalized spacial score (nSPS) is 20.0. The zero-order valence-electron chi connectivity index (χ0n) is 12.4. The number of rotatable bonds is 1. The lowest BCUT2D eigenvalue weighted by Crippen LogP contribution is -2.58. The van der Waals surface area contributed by atoms with Gasteiger partial charge in [0.25, 0.3) is 0 Å². The molecule has 1 aromatic rings. The van der Waals surface area contributed by atoms with Crippen LogP contribution in [-0.4, -0.2) is 17.6 Å². The molecule has 1 saturated carbocycles. The van der Waals surface area contributed by atoms with Crippen molar-refractivity contribution in [3.63, 3.8) is 0 Å². The fraction of sp³-hybridized carbons (Fsp3) is 0.400. The summed E-state index contributed by atoms with van der Waals surface area (Å²) < 4.78 is 27.5. The lowest BCUT2D eigenvalue weighted by Gasteiger charge is -2.45. The van der Waals surface area contributed by atoms with Crippen LogP contribution in [0.15, 0.2) is 22.1 Å². The average Bonchev–Trinajstić information content (AvgIpc) is 2.51. The van der Waals surface area contributed by atoms with Crippen LogP contribution in [0.5, 0.6) is 0 Å². The molecule has 0 atom stereocenters. The first-order valence-corrected chi connectivity index (χ1v) is 7.36. The first-order chi connectivity index (χ1) is 11.0. The van der Waals surface area contributed by atoms with Crippen LogP contribution in [0.3, 0.4) is 0 Å². The number of nitrogens with zero attached hydrogens (tertiary/aromatic N) is 4. The Morgan fingerprint density at radius 3 is 2.52 bits per heavy atom. The van der Waals surface area contributed by atoms with E-state index in [1.54, 1.807) is 6.07 Å². The maximum Gasteiger partial charge on any atom is 0.220 e. The standard InChI is InChI=1S/C15H16F2N6/c16-10-4-5-11(9(8-18)12(10)17)23-14(20)21-13(19)22-15(23)6-2-1-3-7-15/h4-5H,1-3,6-7H2,(H4,19,20,21,22). The summed E-state index contributed by atoms with van der Waals surface area (Å²) >= 11 is 0. The van der Waals surface area contributed by atoms with Crippen molar-refractivity contribution in [3.05, 3.63) is 29.3 Å². The van der Waals surface area contributed by atoms with E-state index in [-0.39, 0.29) is 17.6 Å². The van der Waals surface area contributed by atoms with E-state index in [4.69, 9.17) is 11.5 Å². The Kier molecular flexibility index (Phi) is 3.64. The third-order valence-corrected chi connectivity index (χ3v) is 4.28. The number of nitriles is 1. The monoisotopic (exact) mass is 318 g/mol. The van der Waals surface area contributed by atoms with Crippen molar-refractivity contribution in [1.82, 2.24) is 0 Å². The van der Waals surface area contributed by atoms with E-state index in [0.717, 1.165) is 25.3 Å². The summed E-state index contributed by atoms with van der Waals surface area (Å²) in [7, 11) is 0. The molecule has 1 aliphatic carbocycles. The molecule has 1 fully saturated rings. The van der Waals surface area contributed by atoms with E-state index in [2.05, 4.69) is 9.98 Å². The number of nitrogens with two attached hydrogens (primary N) is 2. The van der Waals surface area contributed by atoms with E-state index < -0.39 is 22.9 Å². The molecule has 2 aliphatic rings. The molecule has 0 bridgehead atoms. The molecule has 4 N–H and O–H groups in total. The average molecular weight is 318 g/mol. The zero-order chi connectivity index (χ0) is 16.6. The van der Waals surface area contributed by atoms with Gasteiger partial charge in [-0.15, -0.1) is 0 Å². The zero-order valence-corrected chi connectivity index (χ0v) is 12.4. The van der Waals surface area contributed by atoms with Crippen LogP contribution in [0.2, 0.25) is 0 Å². The van der Waals surface area contributed by atoms with E-state index in [1.807, 2.05) is 0 Å². The summed E-state index contributed by atoms with van der Waals surface area (Å²) in [5.74, 6) is -2.20. The Hall–Kier alpha value is -2.69. The molecule has 120 valence electrons. The molecule has 1 spiro atoms. The first-order valence-electron chi connectivity index (χ1n) is 7.36. The predicted molar refractivity (Wildman–Crippen MR) is 82.6 cm³/mol. The topological polar surface area (TPSA) is 104 Å². The smallest absolute Gasteiger partial charge is 0.220 e. The van der Waals surface area contributed by atoms with Gasteiger partial charge < -0.3 is 11.5 Å². The molecule has 0 unspecified atom stereocenters. The Labute approximate surface area is 132 Å². The number of aliphatic imine (C=N–C) groups is 2. The summed E-state index contributed by atoms with van der Waals surface area (Å²) in [6.07, 6.45) is 4.13. The highest BCUT2D eigenvalue weighted by Gasteiger charge is 2.43. The highest BCUT2D eigenvalue weighted by Crippen LogP contribution is 2.41. The SMILES string of the molecule is N#Cc1c(N2C(N)=NC(N)=NC23CCCCC3)ccc(F)c1F. The van der Waals surface area contributed by atoms with Crippen molar-refractivity contribution in [3.8, 4) is 6.07 Å². The van der Waals surface area contributed by atoms with Crippen molar-refractivity contribution in [2.24, 2.45) is 21.5 Å². The third kappa shape index (κ3) is 2.38. The van der Waals surface area contributed by atoms with Gasteiger partial charge in [0.05, 0.1) is 5.69 Å². The van der Waals surface area contributed by atoms with Gasteiger partial charge in [-0.2, -0.15) is 10.3 Å². The largest absolute Gasteiger partial charge is 0.369 e. The van der Waals surface area contributed by atoms with Crippen LogP contribution >= 0.6 is 0 Å². The minimum Gasteiger partial charge on any atom is -0.369 e. The van der Waals surface area contributed by atoms with Crippen LogP contribution in [0.25, 0.3) is 0 Å². The molecule has 0 saturated heterocycles. The molecule has 1 aromatic carbocycles. The minimum absolute atomic E-state index is 0.0295. The van der Waals surface area contributed by atoms with Crippen LogP contribution < -0.4 is 16.4 Å². The molecular formula is C15H16F2N6. The van der Waals surface area contributed by atoms with Gasteiger partial charge in [-0.05, 0) is 37.8 Å². The Bertz CT molecular complexity index is 743. The van der Waals surface area contributed by atoms with Gasteiger partial charge in [-0.25, -0.2) is 13.8 Å². The third-order valence-electron chi connectivity index (χ3n) is 4.28. The van der Waals surface area contributed by atoms with E-state index in [1.165, 1.54) is 11.0 Å². The second-order valence-corrected chi connectivity index (χ2v) is 5.69. The fourth-order valence-corrected chi connectivity index (χ4v) is 3.30. The van der Waals surface area contributed by atoms with Gasteiger partial charge in [0.1, 0.15) is 17.3 Å². The van der Waals surface area contributed by atoms with Gasteiger partial charge in [-0.1, -0.05) is 6.42 Å². The van der Waals surface area contributed by atoms with E-state index in [0.29, 0.717) is 12.8 Å². The lowest BCUT2D eigenvalue weighted by molar-refractivity contribution is 0.305. The van der Waals surface area contributed by atoms with Gasteiger partial charge in [-0.3, -0.25) is 4.90 Å². The van der Waals surface area contributed by atoms with E-state index in [9.17, 15) is 14.0 Å². The van der Waals surface area contributed by atoms with E-state index >= 15 is 0 Å². The second kappa shape index (κ2) is 5.50. The summed E-state index contributed by atoms with van der Waals surface area (Å²) in [6, 6.07) is 4.00. The Balaban J connectivity index is 2.19. The summed E-state index contributed by atoms with van der Waals surface area (Å²) in [5, 5.41) is 9.25. The van der Waals surface area contributed by atoms with Gasteiger partial charge in [0.15, 0.2) is 11.6 Å². The van der Waals surface area contributed by atoms with Crippen molar-refractivity contribution in [1.29, 1.82) is 5.26 Å². The quantitative estimate of drug-likeness (QED) is 0.825. The van der Waals surface area contributed by atoms with Crippen molar-refractivity contribution in [2.75, 3.05) is 4.90 Å². The number of anilines is 1. The number of hydrogen-bond acceptors (Lipinski definition) is 6. The Morgan fingerprint density at radius 1 is 1.17 bits per heavy atom. The molecule has 0 amide bonds. The molecule has 0 aromatic heterocycles. The van der Waals surface area contributed by atoms with Crippen molar-refractivity contribution < 1.29 is 8.78 Å². The molecule has 6 nitrogen and oxygen atoms in total. The summed E-state index contributed by atoms with van der Waals surface area (Å²) in [5.41, 5.74) is 10.7.